The van der Waals surface area contributed by atoms with Crippen molar-refractivity contribution >= 4 is 11.9 Å². The van der Waals surface area contributed by atoms with Crippen LogP contribution < -0.4 is 0 Å². The van der Waals surface area contributed by atoms with Gasteiger partial charge in [0.1, 0.15) is 0 Å². The number of amides is 1. The zero-order valence-corrected chi connectivity index (χ0v) is 13.3. The van der Waals surface area contributed by atoms with Crippen molar-refractivity contribution in [1.29, 1.82) is 0 Å². The summed E-state index contributed by atoms with van der Waals surface area (Å²) in [6, 6.07) is 5.89. The molecule has 0 aromatic heterocycles. The smallest absolute Gasteiger partial charge is 0.305 e. The minimum atomic E-state index is -0.885. The maximum atomic E-state index is 12.8. The first kappa shape index (κ1) is 16.0. The van der Waals surface area contributed by atoms with Crippen LogP contribution in [0.4, 0.5) is 0 Å². The molecule has 1 aromatic carbocycles. The van der Waals surface area contributed by atoms with Gasteiger partial charge in [-0.2, -0.15) is 0 Å². The summed E-state index contributed by atoms with van der Waals surface area (Å²) in [5.74, 6) is -0.972. The molecule has 1 saturated heterocycles. The van der Waals surface area contributed by atoms with Crippen molar-refractivity contribution < 1.29 is 19.4 Å². The molecule has 5 heteroatoms. The van der Waals surface area contributed by atoms with E-state index < -0.39 is 5.97 Å². The van der Waals surface area contributed by atoms with Crippen LogP contribution in [0.2, 0.25) is 0 Å². The van der Waals surface area contributed by atoms with Gasteiger partial charge in [0.25, 0.3) is 5.91 Å². The van der Waals surface area contributed by atoms with Gasteiger partial charge in [0.15, 0.2) is 0 Å². The highest BCUT2D eigenvalue weighted by molar-refractivity contribution is 5.94. The Kier molecular flexibility index (Phi) is 4.96. The molecule has 0 radical (unpaired) electrons. The average molecular weight is 317 g/mol. The number of nitrogens with zero attached hydrogens (tertiary/aromatic N) is 1. The van der Waals surface area contributed by atoms with E-state index in [-0.39, 0.29) is 25.0 Å². The molecule has 5 nitrogen and oxygen atoms in total. The Morgan fingerprint density at radius 1 is 1.22 bits per heavy atom. The number of rotatable bonds is 6. The molecule has 1 aliphatic carbocycles. The summed E-state index contributed by atoms with van der Waals surface area (Å²) in [4.78, 5) is 25.3. The standard InChI is InChI=1S/C18H23NO4/c20-17(21)8-9-19(12-16-5-2-10-23-16)18(22)15-7-6-13-3-1-4-14(13)11-15/h6-7,11,16H,1-5,8-10,12H2,(H,20,21). The minimum Gasteiger partial charge on any atom is -0.481 e. The second kappa shape index (κ2) is 7.13. The lowest BCUT2D eigenvalue weighted by molar-refractivity contribution is -0.137. The first-order chi connectivity index (χ1) is 11.1. The highest BCUT2D eigenvalue weighted by Crippen LogP contribution is 2.24. The van der Waals surface area contributed by atoms with Crippen molar-refractivity contribution in [3.63, 3.8) is 0 Å². The Morgan fingerprint density at radius 2 is 2.04 bits per heavy atom. The monoisotopic (exact) mass is 317 g/mol. The van der Waals surface area contributed by atoms with Crippen molar-refractivity contribution in [2.45, 2.75) is 44.6 Å². The Bertz CT molecular complexity index is 593. The third-order valence-electron chi connectivity index (χ3n) is 4.68. The van der Waals surface area contributed by atoms with E-state index in [2.05, 4.69) is 0 Å². The molecule has 1 atom stereocenters. The molecule has 0 saturated carbocycles. The maximum absolute atomic E-state index is 12.8. The number of fused-ring (bicyclic) bond motifs is 1. The van der Waals surface area contributed by atoms with E-state index in [1.807, 2.05) is 18.2 Å². The van der Waals surface area contributed by atoms with Gasteiger partial charge in [-0.05, 0) is 55.4 Å². The molecular formula is C18H23NO4. The van der Waals surface area contributed by atoms with Gasteiger partial charge >= 0.3 is 5.97 Å². The Morgan fingerprint density at radius 3 is 2.78 bits per heavy atom. The van der Waals surface area contributed by atoms with E-state index in [0.29, 0.717) is 12.1 Å². The number of benzene rings is 1. The van der Waals surface area contributed by atoms with E-state index in [1.165, 1.54) is 11.1 Å². The second-order valence-corrected chi connectivity index (χ2v) is 6.37. The highest BCUT2D eigenvalue weighted by atomic mass is 16.5. The Hall–Kier alpha value is -1.88. The van der Waals surface area contributed by atoms with Crippen LogP contribution in [-0.2, 0) is 22.4 Å². The van der Waals surface area contributed by atoms with Crippen LogP contribution in [0.5, 0.6) is 0 Å². The van der Waals surface area contributed by atoms with Crippen LogP contribution in [0.1, 0.15) is 47.2 Å². The molecule has 0 spiro atoms. The molecule has 1 fully saturated rings. The van der Waals surface area contributed by atoms with Crippen molar-refractivity contribution in [1.82, 2.24) is 4.90 Å². The van der Waals surface area contributed by atoms with Crippen LogP contribution in [0.3, 0.4) is 0 Å². The molecule has 0 bridgehead atoms. The fourth-order valence-corrected chi connectivity index (χ4v) is 3.43. The van der Waals surface area contributed by atoms with Crippen LogP contribution >= 0.6 is 0 Å². The number of carboxylic acids is 1. The molecular weight excluding hydrogens is 294 g/mol. The van der Waals surface area contributed by atoms with Crippen molar-refractivity contribution in [2.24, 2.45) is 0 Å². The summed E-state index contributed by atoms with van der Waals surface area (Å²) in [5, 5.41) is 8.93. The van der Waals surface area contributed by atoms with Crippen molar-refractivity contribution in [2.75, 3.05) is 19.7 Å². The number of ether oxygens (including phenoxy) is 1. The summed E-state index contributed by atoms with van der Waals surface area (Å²) in [5.41, 5.74) is 3.25. The molecule has 3 rings (SSSR count). The second-order valence-electron chi connectivity index (χ2n) is 6.37. The lowest BCUT2D eigenvalue weighted by Gasteiger charge is -2.25. The number of aliphatic carboxylic acids is 1. The molecule has 1 heterocycles. The van der Waals surface area contributed by atoms with Gasteiger partial charge in [0, 0.05) is 25.3 Å². The van der Waals surface area contributed by atoms with E-state index in [1.54, 1.807) is 4.90 Å². The fraction of sp³-hybridized carbons (Fsp3) is 0.556. The lowest BCUT2D eigenvalue weighted by atomic mass is 10.1. The fourth-order valence-electron chi connectivity index (χ4n) is 3.43. The molecule has 1 unspecified atom stereocenters. The number of hydrogen-bond acceptors (Lipinski definition) is 3. The number of carbonyl (C=O) groups is 2. The van der Waals surface area contributed by atoms with Crippen LogP contribution in [0.15, 0.2) is 18.2 Å². The number of carboxylic acid groups (broad SMARTS) is 1. The largest absolute Gasteiger partial charge is 0.481 e. The van der Waals surface area contributed by atoms with Crippen LogP contribution in [0.25, 0.3) is 0 Å². The lowest BCUT2D eigenvalue weighted by Crippen LogP contribution is -2.38. The molecule has 1 aliphatic heterocycles. The molecule has 1 aromatic rings. The number of carbonyl (C=O) groups excluding carboxylic acids is 1. The first-order valence-corrected chi connectivity index (χ1v) is 8.38. The molecule has 1 N–H and O–H groups in total. The first-order valence-electron chi connectivity index (χ1n) is 8.38. The van der Waals surface area contributed by atoms with Gasteiger partial charge in [-0.15, -0.1) is 0 Å². The summed E-state index contributed by atoms with van der Waals surface area (Å²) in [6.45, 7) is 1.43. The van der Waals surface area contributed by atoms with Gasteiger partial charge in [-0.3, -0.25) is 9.59 Å². The zero-order chi connectivity index (χ0) is 16.2. The third kappa shape index (κ3) is 3.91. The molecule has 2 aliphatic rings. The SMILES string of the molecule is O=C(O)CCN(CC1CCCO1)C(=O)c1ccc2c(c1)CCC2. The zero-order valence-electron chi connectivity index (χ0n) is 13.3. The maximum Gasteiger partial charge on any atom is 0.305 e. The van der Waals surface area contributed by atoms with E-state index in [4.69, 9.17) is 9.84 Å². The number of hydrogen-bond donors (Lipinski definition) is 1. The number of aryl methyl sites for hydroxylation is 2. The quantitative estimate of drug-likeness (QED) is 0.874. The minimum absolute atomic E-state index is 0.0298. The van der Waals surface area contributed by atoms with E-state index >= 15 is 0 Å². The summed E-state index contributed by atoms with van der Waals surface area (Å²) in [6.07, 6.45) is 5.18. The van der Waals surface area contributed by atoms with Crippen LogP contribution in [-0.4, -0.2) is 47.7 Å². The Balaban J connectivity index is 1.73. The third-order valence-corrected chi connectivity index (χ3v) is 4.68. The van der Waals surface area contributed by atoms with Crippen molar-refractivity contribution in [3.8, 4) is 0 Å². The van der Waals surface area contributed by atoms with E-state index in [9.17, 15) is 9.59 Å². The summed E-state index contributed by atoms with van der Waals surface area (Å²) >= 11 is 0. The van der Waals surface area contributed by atoms with Gasteiger partial charge in [-0.1, -0.05) is 6.07 Å². The summed E-state index contributed by atoms with van der Waals surface area (Å²) in [7, 11) is 0. The predicted molar refractivity (Wildman–Crippen MR) is 85.6 cm³/mol. The van der Waals surface area contributed by atoms with Gasteiger partial charge < -0.3 is 14.7 Å². The highest BCUT2D eigenvalue weighted by Gasteiger charge is 2.24. The van der Waals surface area contributed by atoms with E-state index in [0.717, 1.165) is 38.7 Å². The predicted octanol–water partition coefficient (Wildman–Crippen LogP) is 2.27. The van der Waals surface area contributed by atoms with Crippen LogP contribution in [0, 0.1) is 0 Å². The van der Waals surface area contributed by atoms with Gasteiger partial charge in [0.2, 0.25) is 0 Å². The van der Waals surface area contributed by atoms with Crippen molar-refractivity contribution in [3.05, 3.63) is 34.9 Å². The Labute approximate surface area is 136 Å². The summed E-state index contributed by atoms with van der Waals surface area (Å²) < 4.78 is 5.61. The molecule has 23 heavy (non-hydrogen) atoms. The normalized spacial score (nSPS) is 19.6. The molecule has 1 amide bonds. The molecule has 124 valence electrons. The topological polar surface area (TPSA) is 66.8 Å². The average Bonchev–Trinajstić information content (AvgIpc) is 3.20. The van der Waals surface area contributed by atoms with Gasteiger partial charge in [0.05, 0.1) is 12.5 Å². The van der Waals surface area contributed by atoms with Gasteiger partial charge in [-0.25, -0.2) is 0 Å².